The molecule has 1 unspecified atom stereocenters. The lowest BCUT2D eigenvalue weighted by molar-refractivity contribution is -0.926. The Morgan fingerprint density at radius 3 is 2.28 bits per heavy atom. The van der Waals surface area contributed by atoms with Crippen LogP contribution < -0.4 is 5.11 Å². The predicted octanol–water partition coefficient (Wildman–Crippen LogP) is 1.74. The molecular formula is C15H23NO2. The van der Waals surface area contributed by atoms with Crippen LogP contribution in [-0.4, -0.2) is 31.1 Å². The SMILES string of the molecule is CC(=O)[O-].C[N+]1(C)CCCCC1c1ccccc1. The van der Waals surface area contributed by atoms with E-state index >= 15 is 0 Å². The summed E-state index contributed by atoms with van der Waals surface area (Å²) < 4.78 is 1.16. The molecule has 0 radical (unpaired) electrons. The predicted molar refractivity (Wildman–Crippen MR) is 70.7 cm³/mol. The molecule has 1 aliphatic heterocycles. The molecule has 0 aromatic heterocycles. The van der Waals surface area contributed by atoms with Crippen LogP contribution in [0.25, 0.3) is 0 Å². The maximum absolute atomic E-state index is 8.89. The summed E-state index contributed by atoms with van der Waals surface area (Å²) in [6.45, 7) is 2.29. The van der Waals surface area contributed by atoms with Crippen molar-refractivity contribution in [3.05, 3.63) is 35.9 Å². The molecule has 3 heteroatoms. The Balaban J connectivity index is 0.000000357. The van der Waals surface area contributed by atoms with E-state index in [4.69, 9.17) is 9.90 Å². The summed E-state index contributed by atoms with van der Waals surface area (Å²) in [5.74, 6) is -1.08. The normalized spacial score (nSPS) is 21.6. The van der Waals surface area contributed by atoms with Crippen LogP contribution >= 0.6 is 0 Å². The average molecular weight is 249 g/mol. The van der Waals surface area contributed by atoms with Crippen LogP contribution in [0.4, 0.5) is 0 Å². The van der Waals surface area contributed by atoms with E-state index in [1.165, 1.54) is 31.4 Å². The minimum atomic E-state index is -1.08. The van der Waals surface area contributed by atoms with Crippen molar-refractivity contribution in [2.45, 2.75) is 32.2 Å². The Morgan fingerprint density at radius 2 is 1.78 bits per heavy atom. The number of carbonyl (C=O) groups is 1. The van der Waals surface area contributed by atoms with Crippen LogP contribution in [0.2, 0.25) is 0 Å². The lowest BCUT2D eigenvalue weighted by Crippen LogP contribution is -2.46. The highest BCUT2D eigenvalue weighted by Crippen LogP contribution is 2.34. The molecule has 0 saturated carbocycles. The first-order valence-corrected chi connectivity index (χ1v) is 6.48. The van der Waals surface area contributed by atoms with Gasteiger partial charge in [-0.1, -0.05) is 30.3 Å². The molecule has 1 atom stereocenters. The zero-order valence-electron chi connectivity index (χ0n) is 11.6. The number of likely N-dealkylation sites (tertiary alicyclic amines) is 1. The van der Waals surface area contributed by atoms with Crippen molar-refractivity contribution in [3.63, 3.8) is 0 Å². The Hall–Kier alpha value is -1.35. The molecule has 0 spiro atoms. The first-order chi connectivity index (χ1) is 8.43. The van der Waals surface area contributed by atoms with Gasteiger partial charge in [0.1, 0.15) is 6.04 Å². The molecule has 0 bridgehead atoms. The van der Waals surface area contributed by atoms with E-state index in [1.807, 2.05) is 0 Å². The van der Waals surface area contributed by atoms with Crippen LogP contribution in [-0.2, 0) is 4.79 Å². The second kappa shape index (κ2) is 6.55. The largest absolute Gasteiger partial charge is 0.550 e. The fraction of sp³-hybridized carbons (Fsp3) is 0.533. The Labute approximate surface area is 110 Å². The van der Waals surface area contributed by atoms with Gasteiger partial charge in [0.15, 0.2) is 0 Å². The van der Waals surface area contributed by atoms with Gasteiger partial charge in [-0.05, 0) is 19.8 Å². The van der Waals surface area contributed by atoms with E-state index in [-0.39, 0.29) is 0 Å². The number of aliphatic carboxylic acids is 1. The summed E-state index contributed by atoms with van der Waals surface area (Å²) in [6.07, 6.45) is 4.12. The standard InChI is InChI=1S/C13H20N.C2H4O2/c1-14(2)11-7-6-10-13(14)12-8-4-3-5-9-12;1-2(3)4/h3-5,8-9,13H,6-7,10-11H2,1-2H3;1H3,(H,3,4)/q+1;/p-1. The Bertz CT molecular complexity index is 369. The fourth-order valence-corrected chi connectivity index (χ4v) is 2.61. The zero-order valence-corrected chi connectivity index (χ0v) is 11.6. The number of benzene rings is 1. The van der Waals surface area contributed by atoms with Crippen molar-refractivity contribution in [2.24, 2.45) is 0 Å². The van der Waals surface area contributed by atoms with Crippen LogP contribution in [0.15, 0.2) is 30.3 Å². The van der Waals surface area contributed by atoms with Crippen molar-refractivity contribution in [1.82, 2.24) is 0 Å². The number of nitrogens with zero attached hydrogens (tertiary/aromatic N) is 1. The average Bonchev–Trinajstić information content (AvgIpc) is 2.29. The second-order valence-corrected chi connectivity index (χ2v) is 5.42. The molecule has 0 amide bonds. The van der Waals surface area contributed by atoms with Gasteiger partial charge in [0.25, 0.3) is 0 Å². The van der Waals surface area contributed by atoms with Gasteiger partial charge in [0, 0.05) is 18.0 Å². The van der Waals surface area contributed by atoms with Gasteiger partial charge in [0.2, 0.25) is 0 Å². The van der Waals surface area contributed by atoms with Crippen molar-refractivity contribution in [1.29, 1.82) is 0 Å². The van der Waals surface area contributed by atoms with Gasteiger partial charge in [-0.3, -0.25) is 0 Å². The van der Waals surface area contributed by atoms with Gasteiger partial charge in [-0.25, -0.2) is 0 Å². The van der Waals surface area contributed by atoms with Gasteiger partial charge >= 0.3 is 0 Å². The number of hydrogen-bond acceptors (Lipinski definition) is 2. The van der Waals surface area contributed by atoms with Crippen LogP contribution in [0.1, 0.15) is 37.8 Å². The van der Waals surface area contributed by atoms with Gasteiger partial charge in [0.05, 0.1) is 20.6 Å². The lowest BCUT2D eigenvalue weighted by atomic mass is 9.94. The van der Waals surface area contributed by atoms with Gasteiger partial charge in [-0.15, -0.1) is 0 Å². The summed E-state index contributed by atoms with van der Waals surface area (Å²) in [4.78, 5) is 8.89. The Morgan fingerprint density at radius 1 is 1.22 bits per heavy atom. The molecule has 1 heterocycles. The van der Waals surface area contributed by atoms with E-state index < -0.39 is 5.97 Å². The van der Waals surface area contributed by atoms with E-state index in [0.717, 1.165) is 11.4 Å². The maximum Gasteiger partial charge on any atom is 0.114 e. The molecule has 1 aromatic carbocycles. The molecule has 0 aliphatic carbocycles. The molecule has 1 fully saturated rings. The topological polar surface area (TPSA) is 40.1 Å². The first-order valence-electron chi connectivity index (χ1n) is 6.48. The molecule has 1 aromatic rings. The molecule has 1 aliphatic rings. The number of carboxylic acids is 1. The number of piperidine rings is 1. The summed E-state index contributed by atoms with van der Waals surface area (Å²) in [5.41, 5.74) is 1.51. The first kappa shape index (κ1) is 14.7. The monoisotopic (exact) mass is 249 g/mol. The number of rotatable bonds is 1. The highest BCUT2D eigenvalue weighted by molar-refractivity contribution is 5.60. The van der Waals surface area contributed by atoms with E-state index in [1.54, 1.807) is 0 Å². The number of hydrogen-bond donors (Lipinski definition) is 0. The minimum Gasteiger partial charge on any atom is -0.550 e. The zero-order chi connectivity index (χ0) is 13.6. The van der Waals surface area contributed by atoms with E-state index in [2.05, 4.69) is 44.4 Å². The molecule has 2 rings (SSSR count). The lowest BCUT2D eigenvalue weighted by Gasteiger charge is -2.41. The van der Waals surface area contributed by atoms with Crippen LogP contribution in [0.5, 0.6) is 0 Å². The van der Waals surface area contributed by atoms with E-state index in [9.17, 15) is 0 Å². The van der Waals surface area contributed by atoms with Crippen molar-refractivity contribution < 1.29 is 14.4 Å². The third-order valence-corrected chi connectivity index (χ3v) is 3.49. The van der Waals surface area contributed by atoms with Crippen LogP contribution in [0, 0.1) is 0 Å². The minimum absolute atomic E-state index is 0.713. The third kappa shape index (κ3) is 4.49. The summed E-state index contributed by atoms with van der Waals surface area (Å²) in [6, 6.07) is 11.7. The van der Waals surface area contributed by atoms with Gasteiger partial charge < -0.3 is 14.4 Å². The molecule has 100 valence electrons. The van der Waals surface area contributed by atoms with Crippen LogP contribution in [0.3, 0.4) is 0 Å². The molecular weight excluding hydrogens is 226 g/mol. The number of quaternary nitrogens is 1. The summed E-state index contributed by atoms with van der Waals surface area (Å²) in [5, 5.41) is 8.89. The molecule has 0 N–H and O–H groups in total. The Kier molecular flexibility index (Phi) is 5.35. The quantitative estimate of drug-likeness (QED) is 0.711. The molecule has 1 saturated heterocycles. The van der Waals surface area contributed by atoms with E-state index in [0.29, 0.717) is 6.04 Å². The highest BCUT2D eigenvalue weighted by atomic mass is 16.4. The second-order valence-electron chi connectivity index (χ2n) is 5.42. The smallest absolute Gasteiger partial charge is 0.114 e. The van der Waals surface area contributed by atoms with Crippen molar-refractivity contribution >= 4 is 5.97 Å². The third-order valence-electron chi connectivity index (χ3n) is 3.49. The molecule has 3 nitrogen and oxygen atoms in total. The van der Waals surface area contributed by atoms with Gasteiger partial charge in [-0.2, -0.15) is 0 Å². The maximum atomic E-state index is 8.89. The molecule has 18 heavy (non-hydrogen) atoms. The highest BCUT2D eigenvalue weighted by Gasteiger charge is 2.32. The summed E-state index contributed by atoms with van der Waals surface area (Å²) >= 11 is 0. The number of carbonyl (C=O) groups excluding carboxylic acids is 1. The fourth-order valence-electron chi connectivity index (χ4n) is 2.61. The number of carboxylic acid groups (broad SMARTS) is 1. The van der Waals surface area contributed by atoms with Crippen molar-refractivity contribution in [3.8, 4) is 0 Å². The van der Waals surface area contributed by atoms with Crippen molar-refractivity contribution in [2.75, 3.05) is 20.6 Å². The summed E-state index contributed by atoms with van der Waals surface area (Å²) in [7, 11) is 4.72.